The number of aryl methyl sites for hydroxylation is 1. The summed E-state index contributed by atoms with van der Waals surface area (Å²) in [7, 11) is 2.00. The molecule has 0 spiro atoms. The normalized spacial score (nSPS) is 15.2. The molecule has 2 nitrogen and oxygen atoms in total. The molecule has 3 rings (SSSR count). The molecule has 0 aliphatic carbocycles. The van der Waals surface area contributed by atoms with Crippen molar-refractivity contribution in [1.29, 1.82) is 0 Å². The van der Waals surface area contributed by atoms with Crippen molar-refractivity contribution >= 4 is 15.9 Å². The molecule has 1 unspecified atom stereocenters. The van der Waals surface area contributed by atoms with Crippen LogP contribution in [0.5, 0.6) is 0 Å². The van der Waals surface area contributed by atoms with E-state index in [0.717, 1.165) is 17.7 Å². The molecule has 1 aliphatic heterocycles. The minimum absolute atomic E-state index is 0.206. The first-order valence-corrected chi connectivity index (χ1v) is 7.60. The Labute approximate surface area is 128 Å². The molecular weight excluding hydrogens is 314 g/mol. The maximum Gasteiger partial charge on any atom is 0.0725 e. The average Bonchev–Trinajstić information content (AvgIpc) is 2.86. The second kappa shape index (κ2) is 5.68. The van der Waals surface area contributed by atoms with E-state index in [4.69, 9.17) is 4.74 Å². The lowest BCUT2D eigenvalue weighted by Crippen LogP contribution is -2.18. The first-order valence-electron chi connectivity index (χ1n) is 6.81. The van der Waals surface area contributed by atoms with Gasteiger partial charge < -0.3 is 10.1 Å². The van der Waals surface area contributed by atoms with Crippen LogP contribution in [0.15, 0.2) is 40.9 Å². The summed E-state index contributed by atoms with van der Waals surface area (Å²) in [4.78, 5) is 0. The van der Waals surface area contributed by atoms with Crippen LogP contribution < -0.4 is 5.32 Å². The molecule has 1 aliphatic rings. The molecule has 0 aromatic heterocycles. The molecule has 20 heavy (non-hydrogen) atoms. The molecule has 0 fully saturated rings. The van der Waals surface area contributed by atoms with Crippen LogP contribution in [0.2, 0.25) is 0 Å². The Morgan fingerprint density at radius 2 is 1.85 bits per heavy atom. The van der Waals surface area contributed by atoms with Gasteiger partial charge in [-0.2, -0.15) is 0 Å². The SMILES string of the molecule is CNC(c1cc(C)cc(Br)c1)c1ccc2c(c1)COC2. The average molecular weight is 332 g/mol. The second-order valence-corrected chi connectivity index (χ2v) is 6.22. The van der Waals surface area contributed by atoms with Gasteiger partial charge in [-0.1, -0.05) is 40.2 Å². The highest BCUT2D eigenvalue weighted by molar-refractivity contribution is 9.10. The Bertz CT molecular complexity index is 619. The predicted octanol–water partition coefficient (Wildman–Crippen LogP) is 4.10. The van der Waals surface area contributed by atoms with Crippen LogP contribution in [-0.2, 0) is 18.0 Å². The fourth-order valence-corrected chi connectivity index (χ4v) is 3.45. The largest absolute Gasteiger partial charge is 0.372 e. The van der Waals surface area contributed by atoms with Gasteiger partial charge in [0.1, 0.15) is 0 Å². The van der Waals surface area contributed by atoms with Crippen molar-refractivity contribution < 1.29 is 4.74 Å². The maximum absolute atomic E-state index is 5.50. The molecule has 0 amide bonds. The summed E-state index contributed by atoms with van der Waals surface area (Å²) >= 11 is 3.58. The molecule has 0 saturated carbocycles. The highest BCUT2D eigenvalue weighted by atomic mass is 79.9. The monoisotopic (exact) mass is 331 g/mol. The van der Waals surface area contributed by atoms with Crippen molar-refractivity contribution in [2.45, 2.75) is 26.2 Å². The highest BCUT2D eigenvalue weighted by Crippen LogP contribution is 2.29. The van der Waals surface area contributed by atoms with Gasteiger partial charge in [0, 0.05) is 4.47 Å². The van der Waals surface area contributed by atoms with Gasteiger partial charge in [0.2, 0.25) is 0 Å². The minimum atomic E-state index is 0.206. The van der Waals surface area contributed by atoms with Crippen molar-refractivity contribution in [2.24, 2.45) is 0 Å². The summed E-state index contributed by atoms with van der Waals surface area (Å²) in [5, 5.41) is 3.42. The summed E-state index contributed by atoms with van der Waals surface area (Å²) in [6.07, 6.45) is 0. The topological polar surface area (TPSA) is 21.3 Å². The van der Waals surface area contributed by atoms with Gasteiger partial charge in [-0.3, -0.25) is 0 Å². The van der Waals surface area contributed by atoms with E-state index < -0.39 is 0 Å². The molecule has 1 atom stereocenters. The van der Waals surface area contributed by atoms with Crippen molar-refractivity contribution in [3.63, 3.8) is 0 Å². The van der Waals surface area contributed by atoms with Crippen molar-refractivity contribution in [3.05, 3.63) is 68.7 Å². The number of hydrogen-bond acceptors (Lipinski definition) is 2. The fourth-order valence-electron chi connectivity index (χ4n) is 2.83. The first-order chi connectivity index (χ1) is 9.67. The zero-order valence-electron chi connectivity index (χ0n) is 11.7. The van der Waals surface area contributed by atoms with E-state index in [0.29, 0.717) is 0 Å². The van der Waals surface area contributed by atoms with Crippen LogP contribution in [0.3, 0.4) is 0 Å². The number of nitrogens with one attached hydrogen (secondary N) is 1. The third kappa shape index (κ3) is 2.66. The van der Waals surface area contributed by atoms with E-state index in [1.165, 1.54) is 27.8 Å². The third-order valence-corrected chi connectivity index (χ3v) is 4.22. The predicted molar refractivity (Wildman–Crippen MR) is 84.7 cm³/mol. The van der Waals surface area contributed by atoms with E-state index in [2.05, 4.69) is 64.6 Å². The van der Waals surface area contributed by atoms with Gasteiger partial charge in [-0.15, -0.1) is 0 Å². The van der Waals surface area contributed by atoms with Gasteiger partial charge in [0.05, 0.1) is 19.3 Å². The lowest BCUT2D eigenvalue weighted by atomic mass is 9.95. The van der Waals surface area contributed by atoms with Crippen molar-refractivity contribution in [3.8, 4) is 0 Å². The zero-order chi connectivity index (χ0) is 14.1. The summed E-state index contributed by atoms with van der Waals surface area (Å²) in [5.41, 5.74) is 6.45. The molecule has 104 valence electrons. The Hall–Kier alpha value is -1.16. The molecule has 0 saturated heterocycles. The minimum Gasteiger partial charge on any atom is -0.372 e. The molecule has 1 heterocycles. The van der Waals surface area contributed by atoms with Crippen molar-refractivity contribution in [2.75, 3.05) is 7.05 Å². The van der Waals surface area contributed by atoms with E-state index in [1.54, 1.807) is 0 Å². The van der Waals surface area contributed by atoms with Crippen LogP contribution in [-0.4, -0.2) is 7.05 Å². The van der Waals surface area contributed by atoms with Gasteiger partial charge in [-0.05, 0) is 53.9 Å². The molecule has 2 aromatic carbocycles. The van der Waals surface area contributed by atoms with E-state index in [-0.39, 0.29) is 6.04 Å². The lowest BCUT2D eigenvalue weighted by molar-refractivity contribution is 0.134. The first kappa shape index (κ1) is 13.8. The lowest BCUT2D eigenvalue weighted by Gasteiger charge is -2.19. The standard InChI is InChI=1S/C17H18BrNO/c1-11-5-14(8-16(18)6-11)17(19-2)12-3-4-13-9-20-10-15(13)7-12/h3-8,17,19H,9-10H2,1-2H3. The number of rotatable bonds is 3. The molecule has 2 aromatic rings. The summed E-state index contributed by atoms with van der Waals surface area (Å²) in [5.74, 6) is 0. The number of hydrogen-bond donors (Lipinski definition) is 1. The van der Waals surface area contributed by atoms with Crippen LogP contribution in [0.4, 0.5) is 0 Å². The van der Waals surface area contributed by atoms with Crippen LogP contribution >= 0.6 is 15.9 Å². The van der Waals surface area contributed by atoms with E-state index in [1.807, 2.05) is 7.05 Å². The second-order valence-electron chi connectivity index (χ2n) is 5.30. The summed E-state index contributed by atoms with van der Waals surface area (Å²) < 4.78 is 6.62. The highest BCUT2D eigenvalue weighted by Gasteiger charge is 2.17. The quantitative estimate of drug-likeness (QED) is 0.914. The summed E-state index contributed by atoms with van der Waals surface area (Å²) in [6, 6.07) is 13.4. The molecule has 3 heteroatoms. The molecule has 1 N–H and O–H groups in total. The maximum atomic E-state index is 5.50. The Kier molecular flexibility index (Phi) is 3.92. The number of ether oxygens (including phenoxy) is 1. The van der Waals surface area contributed by atoms with Crippen molar-refractivity contribution in [1.82, 2.24) is 5.32 Å². The zero-order valence-corrected chi connectivity index (χ0v) is 13.3. The summed E-state index contributed by atoms with van der Waals surface area (Å²) in [6.45, 7) is 3.60. The van der Waals surface area contributed by atoms with Gasteiger partial charge in [0.25, 0.3) is 0 Å². The van der Waals surface area contributed by atoms with Crippen LogP contribution in [0.25, 0.3) is 0 Å². The van der Waals surface area contributed by atoms with Gasteiger partial charge in [-0.25, -0.2) is 0 Å². The van der Waals surface area contributed by atoms with E-state index in [9.17, 15) is 0 Å². The fraction of sp³-hybridized carbons (Fsp3) is 0.294. The Morgan fingerprint density at radius 1 is 1.05 bits per heavy atom. The number of halogens is 1. The van der Waals surface area contributed by atoms with Gasteiger partial charge in [0.15, 0.2) is 0 Å². The van der Waals surface area contributed by atoms with Crippen LogP contribution in [0.1, 0.15) is 33.9 Å². The smallest absolute Gasteiger partial charge is 0.0725 e. The Balaban J connectivity index is 2.01. The Morgan fingerprint density at radius 3 is 2.60 bits per heavy atom. The number of fused-ring (bicyclic) bond motifs is 1. The van der Waals surface area contributed by atoms with Crippen LogP contribution in [0, 0.1) is 6.92 Å². The van der Waals surface area contributed by atoms with Gasteiger partial charge >= 0.3 is 0 Å². The third-order valence-electron chi connectivity index (χ3n) is 3.77. The molecule has 0 radical (unpaired) electrons. The van der Waals surface area contributed by atoms with E-state index >= 15 is 0 Å². The number of benzene rings is 2. The molecule has 0 bridgehead atoms. The molecular formula is C17H18BrNO.